The lowest BCUT2D eigenvalue weighted by Gasteiger charge is -2.25. The van der Waals surface area contributed by atoms with Crippen molar-refractivity contribution in [2.45, 2.75) is 50.9 Å². The van der Waals surface area contributed by atoms with Gasteiger partial charge < -0.3 is 14.5 Å². The summed E-state index contributed by atoms with van der Waals surface area (Å²) in [6.07, 6.45) is 9.30. The number of aromatic amines is 1. The van der Waals surface area contributed by atoms with Crippen LogP contribution in [0.3, 0.4) is 0 Å². The van der Waals surface area contributed by atoms with Gasteiger partial charge in [-0.1, -0.05) is 12.8 Å². The van der Waals surface area contributed by atoms with Crippen molar-refractivity contribution in [1.29, 1.82) is 0 Å². The minimum Gasteiger partial charge on any atom is -0.481 e. The van der Waals surface area contributed by atoms with E-state index in [1.807, 2.05) is 6.07 Å². The maximum atomic E-state index is 13.7. The topological polar surface area (TPSA) is 116 Å². The molecule has 8 nitrogen and oxygen atoms in total. The summed E-state index contributed by atoms with van der Waals surface area (Å²) in [5, 5.41) is 9.65. The Morgan fingerprint density at radius 1 is 1.16 bits per heavy atom. The van der Waals surface area contributed by atoms with Gasteiger partial charge in [0.2, 0.25) is 10.0 Å². The minimum atomic E-state index is -3.59. The molecule has 0 aliphatic heterocycles. The van der Waals surface area contributed by atoms with Crippen LogP contribution in [0.5, 0.6) is 0 Å². The Hall–Kier alpha value is -3.66. The van der Waals surface area contributed by atoms with E-state index in [1.54, 1.807) is 30.6 Å². The van der Waals surface area contributed by atoms with E-state index in [4.69, 9.17) is 9.52 Å². The predicted octanol–water partition coefficient (Wildman–Crippen LogP) is 6.31. The summed E-state index contributed by atoms with van der Waals surface area (Å²) >= 11 is 0. The molecule has 1 fully saturated rings. The van der Waals surface area contributed by atoms with Crippen LogP contribution in [-0.4, -0.2) is 42.3 Å². The lowest BCUT2D eigenvalue weighted by molar-refractivity contribution is -0.137. The Labute approximate surface area is 220 Å². The highest BCUT2D eigenvalue weighted by molar-refractivity contribution is 7.92. The van der Waals surface area contributed by atoms with Crippen molar-refractivity contribution in [3.8, 4) is 22.7 Å². The van der Waals surface area contributed by atoms with E-state index in [0.717, 1.165) is 42.2 Å². The van der Waals surface area contributed by atoms with Crippen molar-refractivity contribution in [1.82, 2.24) is 9.97 Å². The number of sulfonamides is 1. The van der Waals surface area contributed by atoms with Gasteiger partial charge in [0.15, 0.2) is 0 Å². The lowest BCUT2D eigenvalue weighted by atomic mass is 10.0. The number of furan rings is 1. The smallest absolute Gasteiger partial charge is 0.303 e. The maximum Gasteiger partial charge on any atom is 0.303 e. The monoisotopic (exact) mass is 539 g/mol. The minimum absolute atomic E-state index is 0.116. The molecule has 2 N–H and O–H groups in total. The second-order valence-electron chi connectivity index (χ2n) is 9.83. The standard InChI is InChI=1S/C28H30FN3O5S/c1-38(35,36)32(15-5-3-2-4-6-25(33)34)23-17-24-22(16-21(23)18-7-8-18)26(28-30-13-14-31-28)27(37-24)19-9-11-20(29)12-10-19/h9-14,16-18H,2-8,15H2,1H3,(H,30,31)(H,33,34). The van der Waals surface area contributed by atoms with E-state index in [9.17, 15) is 17.6 Å². The Kier molecular flexibility index (Phi) is 7.25. The summed E-state index contributed by atoms with van der Waals surface area (Å²) in [6, 6.07) is 9.86. The van der Waals surface area contributed by atoms with Crippen LogP contribution in [0.2, 0.25) is 0 Å². The SMILES string of the molecule is CS(=O)(=O)N(CCCCCCC(=O)O)c1cc2oc(-c3ccc(F)cc3)c(-c3ncc[nH]3)c2cc1C1CC1. The number of carboxylic acid groups (broad SMARTS) is 1. The maximum absolute atomic E-state index is 13.7. The van der Waals surface area contributed by atoms with Crippen molar-refractivity contribution in [2.24, 2.45) is 0 Å². The molecule has 1 aliphatic carbocycles. The summed E-state index contributed by atoms with van der Waals surface area (Å²) in [6.45, 7) is 0.299. The average Bonchev–Trinajstić information content (AvgIpc) is 3.43. The molecule has 0 saturated heterocycles. The number of fused-ring (bicyclic) bond motifs is 1. The number of benzene rings is 2. The zero-order valence-corrected chi connectivity index (χ0v) is 21.9. The second kappa shape index (κ2) is 10.6. The molecule has 0 radical (unpaired) electrons. The fourth-order valence-electron chi connectivity index (χ4n) is 4.88. The molecule has 0 spiro atoms. The molecule has 1 aliphatic rings. The van der Waals surface area contributed by atoms with Gasteiger partial charge in [0, 0.05) is 42.4 Å². The number of nitrogens with zero attached hydrogens (tertiary/aromatic N) is 2. The number of unbranched alkanes of at least 4 members (excludes halogenated alkanes) is 3. The molecule has 200 valence electrons. The number of nitrogens with one attached hydrogen (secondary N) is 1. The van der Waals surface area contributed by atoms with Crippen molar-refractivity contribution in [3.05, 3.63) is 60.2 Å². The van der Waals surface area contributed by atoms with E-state index in [2.05, 4.69) is 9.97 Å². The van der Waals surface area contributed by atoms with Gasteiger partial charge in [-0.15, -0.1) is 0 Å². The Morgan fingerprint density at radius 2 is 1.89 bits per heavy atom. The molecule has 38 heavy (non-hydrogen) atoms. The number of hydrogen-bond acceptors (Lipinski definition) is 5. The van der Waals surface area contributed by atoms with Gasteiger partial charge in [-0.05, 0) is 67.5 Å². The van der Waals surface area contributed by atoms with Gasteiger partial charge in [0.05, 0.1) is 17.5 Å². The summed E-state index contributed by atoms with van der Waals surface area (Å²) in [5.74, 6) is 0.215. The van der Waals surface area contributed by atoms with Crippen LogP contribution in [0.4, 0.5) is 10.1 Å². The molecule has 5 rings (SSSR count). The third kappa shape index (κ3) is 5.60. The van der Waals surface area contributed by atoms with Gasteiger partial charge in [-0.25, -0.2) is 17.8 Å². The van der Waals surface area contributed by atoms with Crippen LogP contribution in [-0.2, 0) is 14.8 Å². The van der Waals surface area contributed by atoms with E-state index < -0.39 is 16.0 Å². The first kappa shape index (κ1) is 26.0. The predicted molar refractivity (Wildman–Crippen MR) is 144 cm³/mol. The molecule has 4 aromatic rings. The van der Waals surface area contributed by atoms with Crippen LogP contribution < -0.4 is 4.31 Å². The zero-order chi connectivity index (χ0) is 26.9. The van der Waals surface area contributed by atoms with E-state index in [-0.39, 0.29) is 18.2 Å². The number of H-pyrrole nitrogens is 1. The summed E-state index contributed by atoms with van der Waals surface area (Å²) in [5.41, 5.74) is 3.51. The molecule has 0 bridgehead atoms. The van der Waals surface area contributed by atoms with Gasteiger partial charge in [-0.3, -0.25) is 9.10 Å². The van der Waals surface area contributed by atoms with Crippen molar-refractivity contribution < 1.29 is 27.1 Å². The zero-order valence-electron chi connectivity index (χ0n) is 21.1. The Bertz CT molecular complexity index is 1540. The van der Waals surface area contributed by atoms with E-state index in [0.29, 0.717) is 47.8 Å². The first-order valence-electron chi connectivity index (χ1n) is 12.8. The third-order valence-electron chi connectivity index (χ3n) is 6.87. The lowest BCUT2D eigenvalue weighted by Crippen LogP contribution is -2.31. The van der Waals surface area contributed by atoms with Crippen LogP contribution in [0.1, 0.15) is 56.4 Å². The van der Waals surface area contributed by atoms with E-state index >= 15 is 0 Å². The highest BCUT2D eigenvalue weighted by Gasteiger charge is 2.32. The first-order chi connectivity index (χ1) is 18.2. The van der Waals surface area contributed by atoms with Gasteiger partial charge in [0.25, 0.3) is 0 Å². The molecule has 2 aromatic carbocycles. The van der Waals surface area contributed by atoms with Gasteiger partial charge in [0.1, 0.15) is 23.0 Å². The van der Waals surface area contributed by atoms with Crippen LogP contribution in [0, 0.1) is 5.82 Å². The summed E-state index contributed by atoms with van der Waals surface area (Å²) in [7, 11) is -3.59. The molecule has 0 amide bonds. The van der Waals surface area contributed by atoms with Crippen LogP contribution in [0.15, 0.2) is 53.2 Å². The number of hydrogen-bond donors (Lipinski definition) is 2. The number of aromatic nitrogens is 2. The van der Waals surface area contributed by atoms with Crippen molar-refractivity contribution in [2.75, 3.05) is 17.1 Å². The van der Waals surface area contributed by atoms with Crippen molar-refractivity contribution >= 4 is 32.6 Å². The highest BCUT2D eigenvalue weighted by atomic mass is 32.2. The number of carboxylic acids is 1. The van der Waals surface area contributed by atoms with Gasteiger partial charge >= 0.3 is 5.97 Å². The molecule has 2 aromatic heterocycles. The average molecular weight is 540 g/mol. The van der Waals surface area contributed by atoms with E-state index in [1.165, 1.54) is 22.7 Å². The first-order valence-corrected chi connectivity index (χ1v) is 14.6. The largest absolute Gasteiger partial charge is 0.481 e. The molecular weight excluding hydrogens is 509 g/mol. The number of aliphatic carboxylic acids is 1. The summed E-state index contributed by atoms with van der Waals surface area (Å²) in [4.78, 5) is 18.3. The fourth-order valence-corrected chi connectivity index (χ4v) is 5.85. The number of halogens is 1. The molecule has 0 atom stereocenters. The number of anilines is 1. The Morgan fingerprint density at radius 3 is 2.53 bits per heavy atom. The van der Waals surface area contributed by atoms with Crippen molar-refractivity contribution in [3.63, 3.8) is 0 Å². The van der Waals surface area contributed by atoms with Gasteiger partial charge in [-0.2, -0.15) is 0 Å². The number of imidazole rings is 1. The quantitative estimate of drug-likeness (QED) is 0.204. The highest BCUT2D eigenvalue weighted by Crippen LogP contribution is 2.49. The normalized spacial score (nSPS) is 13.7. The molecule has 10 heteroatoms. The number of carbonyl (C=O) groups is 1. The molecule has 2 heterocycles. The van der Waals surface area contributed by atoms with Crippen LogP contribution >= 0.6 is 0 Å². The molecule has 0 unspecified atom stereocenters. The second-order valence-corrected chi connectivity index (χ2v) is 11.7. The molecular formula is C28H30FN3O5S. The Balaban J connectivity index is 1.57. The molecule has 1 saturated carbocycles. The van der Waals surface area contributed by atoms with Crippen LogP contribution in [0.25, 0.3) is 33.7 Å². The number of rotatable bonds is 12. The third-order valence-corrected chi connectivity index (χ3v) is 8.05. The fraction of sp³-hybridized carbons (Fsp3) is 0.357. The summed E-state index contributed by atoms with van der Waals surface area (Å²) < 4.78 is 47.3.